The van der Waals surface area contributed by atoms with E-state index in [4.69, 9.17) is 19.0 Å². The third kappa shape index (κ3) is 3.46. The molecule has 0 aliphatic carbocycles. The fraction of sp³-hybridized carbons (Fsp3) is 0.176. The number of nitrogens with one attached hydrogen (secondary N) is 2. The van der Waals surface area contributed by atoms with E-state index in [1.807, 2.05) is 30.3 Å². The molecule has 0 saturated carbocycles. The summed E-state index contributed by atoms with van der Waals surface area (Å²) in [5, 5.41) is 0.811. The van der Waals surface area contributed by atoms with E-state index in [1.165, 1.54) is 0 Å². The SMILES string of the molecule is COc1ccc2c(OCc3cccc(S(C)(=N)=N)c3)ccnc2n1. The van der Waals surface area contributed by atoms with Crippen molar-refractivity contribution >= 4 is 20.7 Å². The molecule has 2 heterocycles. The van der Waals surface area contributed by atoms with E-state index in [0.29, 0.717) is 23.9 Å². The van der Waals surface area contributed by atoms with E-state index < -0.39 is 9.62 Å². The first-order valence-electron chi connectivity index (χ1n) is 7.26. The Morgan fingerprint density at radius 1 is 1.12 bits per heavy atom. The van der Waals surface area contributed by atoms with Crippen molar-refractivity contribution in [3.63, 3.8) is 0 Å². The first kappa shape index (κ1) is 16.2. The zero-order valence-electron chi connectivity index (χ0n) is 13.4. The van der Waals surface area contributed by atoms with Crippen LogP contribution < -0.4 is 9.47 Å². The molecule has 0 atom stereocenters. The van der Waals surface area contributed by atoms with Gasteiger partial charge in [-0.3, -0.25) is 9.56 Å². The van der Waals surface area contributed by atoms with Crippen molar-refractivity contribution < 1.29 is 9.47 Å². The van der Waals surface area contributed by atoms with Crippen LogP contribution in [0.25, 0.3) is 11.0 Å². The average Bonchev–Trinajstić information content (AvgIpc) is 2.59. The van der Waals surface area contributed by atoms with E-state index in [2.05, 4.69) is 9.97 Å². The van der Waals surface area contributed by atoms with Crippen LogP contribution in [0.4, 0.5) is 0 Å². The zero-order chi connectivity index (χ0) is 17.2. The smallest absolute Gasteiger partial charge is 0.215 e. The maximum atomic E-state index is 7.89. The molecule has 0 radical (unpaired) electrons. The van der Waals surface area contributed by atoms with E-state index in [1.54, 1.807) is 31.7 Å². The van der Waals surface area contributed by atoms with Gasteiger partial charge in [-0.25, -0.2) is 4.98 Å². The lowest BCUT2D eigenvalue weighted by Gasteiger charge is -2.11. The summed E-state index contributed by atoms with van der Waals surface area (Å²) in [5.41, 5.74) is 1.49. The van der Waals surface area contributed by atoms with Crippen molar-refractivity contribution in [2.24, 2.45) is 0 Å². The molecule has 0 bridgehead atoms. The summed E-state index contributed by atoms with van der Waals surface area (Å²) in [6, 6.07) is 12.9. The summed E-state index contributed by atoms with van der Waals surface area (Å²) >= 11 is 0. The van der Waals surface area contributed by atoms with Gasteiger partial charge in [-0.2, -0.15) is 4.98 Å². The number of nitrogens with zero attached hydrogens (tertiary/aromatic N) is 2. The van der Waals surface area contributed by atoms with E-state index in [-0.39, 0.29) is 0 Å². The molecule has 6 nitrogen and oxygen atoms in total. The van der Waals surface area contributed by atoms with Crippen LogP contribution in [0.5, 0.6) is 11.6 Å². The summed E-state index contributed by atoms with van der Waals surface area (Å²) in [5.74, 6) is 1.19. The van der Waals surface area contributed by atoms with Crippen molar-refractivity contribution in [1.82, 2.24) is 9.97 Å². The molecule has 24 heavy (non-hydrogen) atoms. The first-order valence-corrected chi connectivity index (χ1v) is 9.30. The molecule has 0 aliphatic heterocycles. The van der Waals surface area contributed by atoms with Crippen LogP contribution in [0.1, 0.15) is 5.56 Å². The maximum absolute atomic E-state index is 7.89. The molecular weight excluding hydrogens is 324 g/mol. The minimum atomic E-state index is -2.24. The van der Waals surface area contributed by atoms with Crippen molar-refractivity contribution in [3.8, 4) is 11.6 Å². The highest BCUT2D eigenvalue weighted by Gasteiger charge is 2.07. The number of methoxy groups -OCH3 is 1. The van der Waals surface area contributed by atoms with Crippen molar-refractivity contribution in [3.05, 3.63) is 54.2 Å². The van der Waals surface area contributed by atoms with Gasteiger partial charge in [0, 0.05) is 23.4 Å². The molecule has 124 valence electrons. The van der Waals surface area contributed by atoms with Gasteiger partial charge in [0.05, 0.1) is 12.5 Å². The highest BCUT2D eigenvalue weighted by Crippen LogP contribution is 2.25. The van der Waals surface area contributed by atoms with Crippen LogP contribution in [-0.4, -0.2) is 23.3 Å². The van der Waals surface area contributed by atoms with Crippen LogP contribution in [0.2, 0.25) is 0 Å². The average molecular weight is 342 g/mol. The fourth-order valence-corrected chi connectivity index (χ4v) is 3.01. The Hall–Kier alpha value is -2.67. The molecular formula is C17H18N4O2S. The third-order valence-electron chi connectivity index (χ3n) is 3.51. The molecule has 0 aliphatic rings. The maximum Gasteiger partial charge on any atom is 0.215 e. The summed E-state index contributed by atoms with van der Waals surface area (Å²) in [6.45, 7) is 0.356. The van der Waals surface area contributed by atoms with Gasteiger partial charge < -0.3 is 9.47 Å². The summed E-state index contributed by atoms with van der Waals surface area (Å²) < 4.78 is 26.8. The van der Waals surface area contributed by atoms with Crippen LogP contribution >= 0.6 is 0 Å². The lowest BCUT2D eigenvalue weighted by atomic mass is 10.2. The summed E-state index contributed by atoms with van der Waals surface area (Å²) in [6.07, 6.45) is 3.28. The fourth-order valence-electron chi connectivity index (χ4n) is 2.28. The molecule has 0 unspecified atom stereocenters. The number of hydrogen-bond donors (Lipinski definition) is 2. The van der Waals surface area contributed by atoms with E-state index in [9.17, 15) is 0 Å². The molecule has 2 aromatic heterocycles. The monoisotopic (exact) mass is 342 g/mol. The predicted octanol–water partition coefficient (Wildman–Crippen LogP) is 3.88. The Bertz CT molecular complexity index is 987. The second-order valence-electron chi connectivity index (χ2n) is 5.39. The van der Waals surface area contributed by atoms with Crippen LogP contribution in [0.3, 0.4) is 0 Å². The quantitative estimate of drug-likeness (QED) is 0.736. The Morgan fingerprint density at radius 3 is 2.71 bits per heavy atom. The highest BCUT2D eigenvalue weighted by molar-refractivity contribution is 7.92. The van der Waals surface area contributed by atoms with Gasteiger partial charge >= 0.3 is 0 Å². The molecule has 2 N–H and O–H groups in total. The summed E-state index contributed by atoms with van der Waals surface area (Å²) in [4.78, 5) is 9.25. The van der Waals surface area contributed by atoms with Gasteiger partial charge in [0.1, 0.15) is 12.4 Å². The number of ether oxygens (including phenoxy) is 2. The number of aromatic nitrogens is 2. The zero-order valence-corrected chi connectivity index (χ0v) is 14.3. The lowest BCUT2D eigenvalue weighted by Crippen LogP contribution is -2.00. The van der Waals surface area contributed by atoms with Gasteiger partial charge in [-0.05, 0) is 39.4 Å². The minimum absolute atomic E-state index is 0.356. The van der Waals surface area contributed by atoms with Crippen molar-refractivity contribution in [2.75, 3.05) is 13.4 Å². The molecule has 0 saturated heterocycles. The van der Waals surface area contributed by atoms with Gasteiger partial charge in [0.15, 0.2) is 5.65 Å². The molecule has 0 amide bonds. The number of rotatable bonds is 5. The number of hydrogen-bond acceptors (Lipinski definition) is 6. The molecule has 1 aromatic carbocycles. The normalized spacial score (nSPS) is 11.4. The predicted molar refractivity (Wildman–Crippen MR) is 93.9 cm³/mol. The summed E-state index contributed by atoms with van der Waals surface area (Å²) in [7, 11) is -0.675. The molecule has 0 spiro atoms. The highest BCUT2D eigenvalue weighted by atomic mass is 32.2. The van der Waals surface area contributed by atoms with E-state index >= 15 is 0 Å². The van der Waals surface area contributed by atoms with Crippen LogP contribution in [0, 0.1) is 9.56 Å². The minimum Gasteiger partial charge on any atom is -0.488 e. The Morgan fingerprint density at radius 2 is 1.96 bits per heavy atom. The molecule has 0 fully saturated rings. The van der Waals surface area contributed by atoms with Crippen molar-refractivity contribution in [1.29, 1.82) is 9.56 Å². The van der Waals surface area contributed by atoms with Gasteiger partial charge in [0.25, 0.3) is 0 Å². The standard InChI is InChI=1S/C17H18N4O2S/c1-22-16-7-6-14-15(8-9-20-17(14)21-16)23-11-12-4-3-5-13(10-12)24(2,18)19/h3-10,18-19H,11H2,1-2H3. The van der Waals surface area contributed by atoms with Crippen LogP contribution in [-0.2, 0) is 16.2 Å². The van der Waals surface area contributed by atoms with Gasteiger partial charge in [0.2, 0.25) is 5.88 Å². The molecule has 3 aromatic rings. The lowest BCUT2D eigenvalue weighted by molar-refractivity contribution is 0.309. The molecule has 3 rings (SSSR count). The first-order chi connectivity index (χ1) is 11.5. The second kappa shape index (κ2) is 6.45. The van der Waals surface area contributed by atoms with Gasteiger partial charge in [-0.15, -0.1) is 0 Å². The number of pyridine rings is 2. The Balaban J connectivity index is 1.86. The van der Waals surface area contributed by atoms with Crippen LogP contribution in [0.15, 0.2) is 53.6 Å². The number of benzene rings is 1. The topological polar surface area (TPSA) is 91.9 Å². The molecule has 7 heteroatoms. The second-order valence-corrected chi connectivity index (χ2v) is 7.70. The Labute approximate surface area is 140 Å². The largest absolute Gasteiger partial charge is 0.488 e. The Kier molecular flexibility index (Phi) is 4.35. The van der Waals surface area contributed by atoms with E-state index in [0.717, 1.165) is 15.8 Å². The third-order valence-corrected chi connectivity index (χ3v) is 4.71. The van der Waals surface area contributed by atoms with Crippen molar-refractivity contribution in [2.45, 2.75) is 11.5 Å². The van der Waals surface area contributed by atoms with Gasteiger partial charge in [-0.1, -0.05) is 12.1 Å². The number of fused-ring (bicyclic) bond motifs is 1.